The zero-order valence-electron chi connectivity index (χ0n) is 16.0. The monoisotopic (exact) mass is 398 g/mol. The zero-order valence-corrected chi connectivity index (χ0v) is 16.0. The molecule has 1 N–H and O–H groups in total. The first-order chi connectivity index (χ1) is 14.7. The van der Waals surface area contributed by atoms with Gasteiger partial charge in [0, 0.05) is 29.7 Å². The fourth-order valence-corrected chi connectivity index (χ4v) is 2.92. The summed E-state index contributed by atoms with van der Waals surface area (Å²) < 4.78 is 13.0. The van der Waals surface area contributed by atoms with Crippen LogP contribution in [0.4, 0.5) is 5.69 Å². The van der Waals surface area contributed by atoms with Crippen LogP contribution in [0.2, 0.25) is 0 Å². The van der Waals surface area contributed by atoms with Gasteiger partial charge in [-0.25, -0.2) is 4.98 Å². The topological polar surface area (TPSA) is 88.6 Å². The summed E-state index contributed by atoms with van der Waals surface area (Å²) in [5.74, 6) is 0.815. The number of benzene rings is 2. The van der Waals surface area contributed by atoms with Crippen molar-refractivity contribution >= 4 is 17.2 Å². The Kier molecular flexibility index (Phi) is 5.58. The number of rotatable bonds is 7. The van der Waals surface area contributed by atoms with Crippen LogP contribution in [0.3, 0.4) is 0 Å². The van der Waals surface area contributed by atoms with E-state index in [9.17, 15) is 4.79 Å². The number of anilines is 1. The van der Waals surface area contributed by atoms with E-state index in [0.29, 0.717) is 29.4 Å². The third kappa shape index (κ3) is 4.56. The Morgan fingerprint density at radius 1 is 1.03 bits per heavy atom. The van der Waals surface area contributed by atoms with Crippen LogP contribution in [0.15, 0.2) is 79.1 Å². The van der Waals surface area contributed by atoms with Crippen molar-refractivity contribution in [3.8, 4) is 17.6 Å². The summed E-state index contributed by atoms with van der Waals surface area (Å²) in [4.78, 5) is 17.1. The van der Waals surface area contributed by atoms with E-state index >= 15 is 0 Å². The summed E-state index contributed by atoms with van der Waals surface area (Å²) in [6.45, 7) is 0.244. The smallest absolute Gasteiger partial charge is 0.255 e. The maximum Gasteiger partial charge on any atom is 0.255 e. The van der Waals surface area contributed by atoms with E-state index in [1.165, 1.54) is 0 Å². The van der Waals surface area contributed by atoms with Crippen molar-refractivity contribution in [3.05, 3.63) is 90.4 Å². The average molecular weight is 398 g/mol. The summed E-state index contributed by atoms with van der Waals surface area (Å²) in [6, 6.07) is 21.5. The third-order valence-electron chi connectivity index (χ3n) is 4.29. The van der Waals surface area contributed by atoms with Crippen LogP contribution < -0.4 is 14.8 Å². The highest BCUT2D eigenvalue weighted by atomic mass is 16.5. The van der Waals surface area contributed by atoms with Crippen LogP contribution in [0, 0.1) is 11.3 Å². The number of fused-ring (bicyclic) bond motifs is 1. The molecule has 0 aliphatic carbocycles. The molecule has 2 heterocycles. The Morgan fingerprint density at radius 2 is 1.87 bits per heavy atom. The first-order valence-corrected chi connectivity index (χ1v) is 9.28. The molecular weight excluding hydrogens is 380 g/mol. The summed E-state index contributed by atoms with van der Waals surface area (Å²) in [5, 5.41) is 11.4. The summed E-state index contributed by atoms with van der Waals surface area (Å²) in [5.41, 5.74) is 2.69. The number of hydrogen-bond donors (Lipinski definition) is 1. The molecule has 0 spiro atoms. The lowest BCUT2D eigenvalue weighted by atomic mass is 10.2. The second kappa shape index (κ2) is 8.80. The lowest BCUT2D eigenvalue weighted by Crippen LogP contribution is -2.12. The van der Waals surface area contributed by atoms with Crippen LogP contribution in [0.1, 0.15) is 16.1 Å². The molecule has 0 aliphatic heterocycles. The van der Waals surface area contributed by atoms with Crippen LogP contribution in [-0.2, 0) is 6.61 Å². The van der Waals surface area contributed by atoms with E-state index in [4.69, 9.17) is 14.7 Å². The van der Waals surface area contributed by atoms with Crippen molar-refractivity contribution < 1.29 is 14.3 Å². The number of carbonyl (C=O) groups excluding carboxylic acids is 1. The minimum absolute atomic E-state index is 0.0525. The quantitative estimate of drug-likeness (QED) is 0.507. The molecule has 0 fully saturated rings. The van der Waals surface area contributed by atoms with Gasteiger partial charge in [0.1, 0.15) is 29.8 Å². The Morgan fingerprint density at radius 3 is 2.70 bits per heavy atom. The fraction of sp³-hybridized carbons (Fsp3) is 0.0870. The number of ether oxygens (including phenoxy) is 2. The Balaban J connectivity index is 1.41. The van der Waals surface area contributed by atoms with Gasteiger partial charge >= 0.3 is 0 Å². The molecule has 0 aliphatic rings. The first kappa shape index (κ1) is 19.0. The van der Waals surface area contributed by atoms with E-state index in [0.717, 1.165) is 11.3 Å². The van der Waals surface area contributed by atoms with Gasteiger partial charge in [-0.1, -0.05) is 18.2 Å². The van der Waals surface area contributed by atoms with Crippen LogP contribution in [0.5, 0.6) is 11.5 Å². The molecular formula is C23H18N4O3. The van der Waals surface area contributed by atoms with Crippen LogP contribution in [-0.4, -0.2) is 21.9 Å². The molecule has 0 saturated heterocycles. The number of nitrogens with one attached hydrogen (secondary N) is 1. The van der Waals surface area contributed by atoms with Gasteiger partial charge < -0.3 is 19.2 Å². The van der Waals surface area contributed by atoms with Gasteiger partial charge in [0.2, 0.25) is 0 Å². The lowest BCUT2D eigenvalue weighted by Gasteiger charge is -2.09. The maximum absolute atomic E-state index is 12.6. The van der Waals surface area contributed by atoms with E-state index in [1.54, 1.807) is 48.5 Å². The van der Waals surface area contributed by atoms with E-state index < -0.39 is 0 Å². The summed E-state index contributed by atoms with van der Waals surface area (Å²) >= 11 is 0. The van der Waals surface area contributed by atoms with Gasteiger partial charge in [-0.15, -0.1) is 0 Å². The molecule has 7 heteroatoms. The van der Waals surface area contributed by atoms with Gasteiger partial charge in [0.05, 0.1) is 5.69 Å². The molecule has 0 unspecified atom stereocenters. The molecule has 7 nitrogen and oxygen atoms in total. The van der Waals surface area contributed by atoms with Crippen molar-refractivity contribution in [3.63, 3.8) is 0 Å². The molecule has 148 valence electrons. The highest BCUT2D eigenvalue weighted by Crippen LogP contribution is 2.20. The van der Waals surface area contributed by atoms with Gasteiger partial charge in [0.25, 0.3) is 5.91 Å². The Bertz CT molecular complexity index is 1190. The number of imidazole rings is 1. The van der Waals surface area contributed by atoms with E-state index in [1.807, 2.05) is 41.1 Å². The molecule has 30 heavy (non-hydrogen) atoms. The molecule has 0 atom stereocenters. The first-order valence-electron chi connectivity index (χ1n) is 9.28. The number of carbonyl (C=O) groups is 1. The molecule has 2 aromatic heterocycles. The molecule has 4 aromatic rings. The molecule has 0 bridgehead atoms. The van der Waals surface area contributed by atoms with Crippen LogP contribution >= 0.6 is 0 Å². The van der Waals surface area contributed by atoms with Gasteiger partial charge in [-0.2, -0.15) is 5.26 Å². The minimum atomic E-state index is -0.273. The Hall–Kier alpha value is -4.31. The van der Waals surface area contributed by atoms with Crippen molar-refractivity contribution in [2.24, 2.45) is 0 Å². The molecule has 2 aromatic carbocycles. The number of hydrogen-bond acceptors (Lipinski definition) is 5. The van der Waals surface area contributed by atoms with Crippen LogP contribution in [0.25, 0.3) is 5.65 Å². The summed E-state index contributed by atoms with van der Waals surface area (Å²) in [7, 11) is 0. The normalized spacial score (nSPS) is 10.4. The van der Waals surface area contributed by atoms with Crippen molar-refractivity contribution in [2.45, 2.75) is 6.61 Å². The standard InChI is InChI=1S/C23H18N4O3/c24-10-12-29-21-8-4-6-18(14-21)26-23(28)17-5-3-7-20(13-17)30-16-19-15-27-11-2-1-9-22(27)25-19/h1-9,11,13-15H,12,16H2,(H,26,28). The molecule has 1 amide bonds. The third-order valence-corrected chi connectivity index (χ3v) is 4.29. The van der Waals surface area contributed by atoms with E-state index in [-0.39, 0.29) is 12.5 Å². The average Bonchev–Trinajstić information content (AvgIpc) is 3.20. The number of aromatic nitrogens is 2. The maximum atomic E-state index is 12.6. The molecule has 4 rings (SSSR count). The largest absolute Gasteiger partial charge is 0.487 e. The SMILES string of the molecule is N#CCOc1cccc(NC(=O)c2cccc(OCc3cn4ccccc4n3)c2)c1. The minimum Gasteiger partial charge on any atom is -0.487 e. The second-order valence-electron chi connectivity index (χ2n) is 6.44. The molecule has 0 radical (unpaired) electrons. The van der Waals surface area contributed by atoms with E-state index in [2.05, 4.69) is 10.3 Å². The number of nitrogens with zero attached hydrogens (tertiary/aromatic N) is 3. The number of amides is 1. The lowest BCUT2D eigenvalue weighted by molar-refractivity contribution is 0.102. The van der Waals surface area contributed by atoms with Gasteiger partial charge in [-0.05, 0) is 42.5 Å². The Labute approximate surface area is 173 Å². The predicted molar refractivity (Wildman–Crippen MR) is 111 cm³/mol. The predicted octanol–water partition coefficient (Wildman–Crippen LogP) is 4.07. The van der Waals surface area contributed by atoms with Gasteiger partial charge in [-0.3, -0.25) is 4.79 Å². The highest BCUT2D eigenvalue weighted by molar-refractivity contribution is 6.04. The molecule has 0 saturated carbocycles. The second-order valence-corrected chi connectivity index (χ2v) is 6.44. The van der Waals surface area contributed by atoms with Crippen molar-refractivity contribution in [2.75, 3.05) is 11.9 Å². The zero-order chi connectivity index (χ0) is 20.8. The number of pyridine rings is 1. The number of nitriles is 1. The van der Waals surface area contributed by atoms with Gasteiger partial charge in [0.15, 0.2) is 6.61 Å². The fourth-order valence-electron chi connectivity index (χ4n) is 2.92. The summed E-state index contributed by atoms with van der Waals surface area (Å²) in [6.07, 6.45) is 3.84. The highest BCUT2D eigenvalue weighted by Gasteiger charge is 2.09. The van der Waals surface area contributed by atoms with Crippen molar-refractivity contribution in [1.29, 1.82) is 5.26 Å². The van der Waals surface area contributed by atoms with Crippen molar-refractivity contribution in [1.82, 2.24) is 9.38 Å².